The summed E-state index contributed by atoms with van der Waals surface area (Å²) in [5, 5.41) is 3.11. The van der Waals surface area contributed by atoms with Gasteiger partial charge < -0.3 is 10.1 Å². The molecular weight excluding hydrogens is 224 g/mol. The number of ether oxygens (including phenoxy) is 1. The average Bonchev–Trinajstić information content (AvgIpc) is 2.42. The zero-order valence-corrected chi connectivity index (χ0v) is 11.9. The van der Waals surface area contributed by atoms with Gasteiger partial charge in [0.2, 0.25) is 0 Å². The second kappa shape index (κ2) is 8.95. The maximum absolute atomic E-state index is 5.67. The molecule has 3 nitrogen and oxygen atoms in total. The van der Waals surface area contributed by atoms with E-state index in [9.17, 15) is 0 Å². The molecule has 0 amide bonds. The molecule has 102 valence electrons. The minimum Gasteiger partial charge on any atom is -0.494 e. The third kappa shape index (κ3) is 5.52. The van der Waals surface area contributed by atoms with Gasteiger partial charge in [0.1, 0.15) is 5.75 Å². The van der Waals surface area contributed by atoms with Gasteiger partial charge in [0.25, 0.3) is 0 Å². The molecule has 0 spiro atoms. The summed E-state index contributed by atoms with van der Waals surface area (Å²) in [4.78, 5) is 2.41. The second-order valence-corrected chi connectivity index (χ2v) is 4.41. The lowest BCUT2D eigenvalue weighted by Gasteiger charge is -2.18. The number of nitrogens with one attached hydrogen (secondary N) is 1. The van der Waals surface area contributed by atoms with Crippen LogP contribution >= 0.6 is 0 Å². The summed E-state index contributed by atoms with van der Waals surface area (Å²) in [6.45, 7) is 9.38. The first-order valence-corrected chi connectivity index (χ1v) is 6.88. The van der Waals surface area contributed by atoms with Crippen LogP contribution in [0.5, 0.6) is 5.75 Å². The Labute approximate surface area is 111 Å². The molecule has 0 heterocycles. The Morgan fingerprint density at radius 1 is 1.11 bits per heavy atom. The molecule has 0 aliphatic rings. The molecule has 1 rings (SSSR count). The van der Waals surface area contributed by atoms with Gasteiger partial charge in [-0.3, -0.25) is 4.90 Å². The van der Waals surface area contributed by atoms with Crippen molar-refractivity contribution in [3.63, 3.8) is 0 Å². The largest absolute Gasteiger partial charge is 0.494 e. The van der Waals surface area contributed by atoms with Gasteiger partial charge in [-0.2, -0.15) is 0 Å². The van der Waals surface area contributed by atoms with Crippen LogP contribution in [0, 0.1) is 0 Å². The first-order valence-electron chi connectivity index (χ1n) is 6.88. The maximum Gasteiger partial charge on any atom is 0.119 e. The van der Waals surface area contributed by atoms with Crippen LogP contribution < -0.4 is 10.1 Å². The SMILES string of the molecule is CCN(CC)Cc1ccc(OCCCNC)cc1. The van der Waals surface area contributed by atoms with Crippen LogP contribution in [0.4, 0.5) is 0 Å². The summed E-state index contributed by atoms with van der Waals surface area (Å²) in [7, 11) is 1.96. The van der Waals surface area contributed by atoms with Crippen molar-refractivity contribution in [2.24, 2.45) is 0 Å². The highest BCUT2D eigenvalue weighted by atomic mass is 16.5. The van der Waals surface area contributed by atoms with Crippen LogP contribution in [0.3, 0.4) is 0 Å². The molecule has 0 atom stereocenters. The number of nitrogens with zero attached hydrogens (tertiary/aromatic N) is 1. The summed E-state index contributed by atoms with van der Waals surface area (Å²) in [5.74, 6) is 0.967. The topological polar surface area (TPSA) is 24.5 Å². The Morgan fingerprint density at radius 2 is 1.78 bits per heavy atom. The maximum atomic E-state index is 5.67. The molecule has 0 fully saturated rings. The van der Waals surface area contributed by atoms with Crippen molar-refractivity contribution < 1.29 is 4.74 Å². The zero-order chi connectivity index (χ0) is 13.2. The Hall–Kier alpha value is -1.06. The van der Waals surface area contributed by atoms with Gasteiger partial charge >= 0.3 is 0 Å². The molecular formula is C15H26N2O. The van der Waals surface area contributed by atoms with Crippen LogP contribution in [-0.4, -0.2) is 38.2 Å². The lowest BCUT2D eigenvalue weighted by atomic mass is 10.2. The summed E-state index contributed by atoms with van der Waals surface area (Å²) < 4.78 is 5.67. The van der Waals surface area contributed by atoms with E-state index in [0.29, 0.717) is 0 Å². The van der Waals surface area contributed by atoms with Gasteiger partial charge in [0, 0.05) is 6.54 Å². The fourth-order valence-electron chi connectivity index (χ4n) is 1.84. The molecule has 0 saturated heterocycles. The molecule has 1 aromatic rings. The standard InChI is InChI=1S/C15H26N2O/c1-4-17(5-2)13-14-7-9-15(10-8-14)18-12-6-11-16-3/h7-10,16H,4-6,11-13H2,1-3H3. The molecule has 1 N–H and O–H groups in total. The van der Waals surface area contributed by atoms with Crippen LogP contribution in [0.25, 0.3) is 0 Å². The zero-order valence-electron chi connectivity index (χ0n) is 11.9. The molecule has 1 aromatic carbocycles. The van der Waals surface area contributed by atoms with Crippen molar-refractivity contribution in [1.29, 1.82) is 0 Å². The summed E-state index contributed by atoms with van der Waals surface area (Å²) in [5.41, 5.74) is 1.35. The fourth-order valence-corrected chi connectivity index (χ4v) is 1.84. The van der Waals surface area contributed by atoms with E-state index in [2.05, 4.69) is 48.3 Å². The number of benzene rings is 1. The van der Waals surface area contributed by atoms with Crippen LogP contribution in [0.15, 0.2) is 24.3 Å². The third-order valence-corrected chi connectivity index (χ3v) is 3.06. The van der Waals surface area contributed by atoms with Gasteiger partial charge in [0.05, 0.1) is 6.61 Å². The lowest BCUT2D eigenvalue weighted by molar-refractivity contribution is 0.294. The molecule has 0 saturated carbocycles. The fraction of sp³-hybridized carbons (Fsp3) is 0.600. The van der Waals surface area contributed by atoms with E-state index < -0.39 is 0 Å². The van der Waals surface area contributed by atoms with Crippen molar-refractivity contribution in [3.8, 4) is 5.75 Å². The highest BCUT2D eigenvalue weighted by molar-refractivity contribution is 5.27. The van der Waals surface area contributed by atoms with Gasteiger partial charge in [-0.05, 0) is 50.8 Å². The van der Waals surface area contributed by atoms with E-state index in [4.69, 9.17) is 4.74 Å². The van der Waals surface area contributed by atoms with E-state index >= 15 is 0 Å². The van der Waals surface area contributed by atoms with Gasteiger partial charge in [-0.15, -0.1) is 0 Å². The first kappa shape index (κ1) is 15.0. The molecule has 0 radical (unpaired) electrons. The highest BCUT2D eigenvalue weighted by Gasteiger charge is 2.01. The predicted molar refractivity (Wildman–Crippen MR) is 77.1 cm³/mol. The van der Waals surface area contributed by atoms with Crippen molar-refractivity contribution in [2.45, 2.75) is 26.8 Å². The number of rotatable bonds is 9. The van der Waals surface area contributed by atoms with Crippen molar-refractivity contribution >= 4 is 0 Å². The van der Waals surface area contributed by atoms with Gasteiger partial charge in [-0.25, -0.2) is 0 Å². The van der Waals surface area contributed by atoms with E-state index in [-0.39, 0.29) is 0 Å². The quantitative estimate of drug-likeness (QED) is 0.682. The molecule has 18 heavy (non-hydrogen) atoms. The minimum atomic E-state index is 0.774. The number of hydrogen-bond donors (Lipinski definition) is 1. The summed E-state index contributed by atoms with van der Waals surface area (Å²) in [6.07, 6.45) is 1.04. The van der Waals surface area contributed by atoms with E-state index in [1.807, 2.05) is 7.05 Å². The van der Waals surface area contributed by atoms with Crippen molar-refractivity contribution in [2.75, 3.05) is 33.3 Å². The Balaban J connectivity index is 2.37. The Bertz CT molecular complexity index is 307. The summed E-state index contributed by atoms with van der Waals surface area (Å²) >= 11 is 0. The predicted octanol–water partition coefficient (Wildman–Crippen LogP) is 2.52. The van der Waals surface area contributed by atoms with Crippen LogP contribution in [0.2, 0.25) is 0 Å². The monoisotopic (exact) mass is 250 g/mol. The first-order chi connectivity index (χ1) is 8.80. The van der Waals surface area contributed by atoms with E-state index in [0.717, 1.165) is 45.0 Å². The van der Waals surface area contributed by atoms with Crippen LogP contribution in [0.1, 0.15) is 25.8 Å². The van der Waals surface area contributed by atoms with Gasteiger partial charge in [-0.1, -0.05) is 26.0 Å². The van der Waals surface area contributed by atoms with Crippen molar-refractivity contribution in [3.05, 3.63) is 29.8 Å². The normalized spacial score (nSPS) is 10.9. The van der Waals surface area contributed by atoms with Gasteiger partial charge in [0.15, 0.2) is 0 Å². The Kier molecular flexibility index (Phi) is 7.46. The lowest BCUT2D eigenvalue weighted by Crippen LogP contribution is -2.21. The average molecular weight is 250 g/mol. The molecule has 3 heteroatoms. The second-order valence-electron chi connectivity index (χ2n) is 4.41. The third-order valence-electron chi connectivity index (χ3n) is 3.06. The van der Waals surface area contributed by atoms with E-state index in [1.165, 1.54) is 5.56 Å². The smallest absolute Gasteiger partial charge is 0.119 e. The molecule has 0 unspecified atom stereocenters. The summed E-state index contributed by atoms with van der Waals surface area (Å²) in [6, 6.07) is 8.45. The molecule has 0 bridgehead atoms. The Morgan fingerprint density at radius 3 is 2.33 bits per heavy atom. The van der Waals surface area contributed by atoms with E-state index in [1.54, 1.807) is 0 Å². The molecule has 0 aliphatic heterocycles. The molecule has 0 aliphatic carbocycles. The highest BCUT2D eigenvalue weighted by Crippen LogP contribution is 2.13. The van der Waals surface area contributed by atoms with Crippen LogP contribution in [-0.2, 0) is 6.54 Å². The minimum absolute atomic E-state index is 0.774. The van der Waals surface area contributed by atoms with Crippen molar-refractivity contribution in [1.82, 2.24) is 10.2 Å². The molecule has 0 aromatic heterocycles. The number of hydrogen-bond acceptors (Lipinski definition) is 3.